The van der Waals surface area contributed by atoms with E-state index in [1.807, 2.05) is 20.8 Å². The second kappa shape index (κ2) is 7.88. The number of halogens is 1. The summed E-state index contributed by atoms with van der Waals surface area (Å²) in [7, 11) is 0. The number of ether oxygens (including phenoxy) is 1. The number of phenolic OH excluding ortho intramolecular Hbond substituents is 1. The molecule has 3 aromatic rings. The number of nitrogens with one attached hydrogen (secondary N) is 2. The van der Waals surface area contributed by atoms with Gasteiger partial charge in [0, 0.05) is 24.1 Å². The molecule has 31 heavy (non-hydrogen) atoms. The predicted molar refractivity (Wildman–Crippen MR) is 117 cm³/mol. The van der Waals surface area contributed by atoms with Crippen LogP contribution in [0.2, 0.25) is 5.02 Å². The smallest absolute Gasteiger partial charge is 0.302 e. The van der Waals surface area contributed by atoms with Crippen LogP contribution in [0.25, 0.3) is 17.0 Å². The summed E-state index contributed by atoms with van der Waals surface area (Å²) in [5.74, 6) is -0.503. The monoisotopic (exact) mass is 447 g/mol. The zero-order valence-corrected chi connectivity index (χ0v) is 19.1. The van der Waals surface area contributed by atoms with E-state index in [4.69, 9.17) is 16.3 Å². The maximum Gasteiger partial charge on any atom is 0.302 e. The molecule has 1 amide bonds. The number of H-pyrrole nitrogens is 1. The van der Waals surface area contributed by atoms with Crippen LogP contribution in [0.15, 0.2) is 18.2 Å². The van der Waals surface area contributed by atoms with Crippen molar-refractivity contribution in [1.82, 2.24) is 19.8 Å². The molecule has 0 radical (unpaired) electrons. The van der Waals surface area contributed by atoms with Gasteiger partial charge in [0.05, 0.1) is 16.7 Å². The molecular formula is C21H26ClN5O4. The van der Waals surface area contributed by atoms with Crippen molar-refractivity contribution in [2.75, 3.05) is 11.9 Å². The van der Waals surface area contributed by atoms with Crippen LogP contribution in [0.3, 0.4) is 0 Å². The minimum absolute atomic E-state index is 0.0538. The Bertz CT molecular complexity index is 1160. The highest BCUT2D eigenvalue weighted by Gasteiger charge is 2.30. The lowest BCUT2D eigenvalue weighted by molar-refractivity contribution is -0.146. The first kappa shape index (κ1) is 22.6. The predicted octanol–water partition coefficient (Wildman–Crippen LogP) is 3.91. The Hall–Kier alpha value is -3.07. The molecule has 0 aliphatic carbocycles. The van der Waals surface area contributed by atoms with Gasteiger partial charge in [-0.05, 0) is 26.0 Å². The van der Waals surface area contributed by atoms with E-state index >= 15 is 0 Å². The lowest BCUT2D eigenvalue weighted by atomic mass is 9.92. The van der Waals surface area contributed by atoms with E-state index in [0.717, 1.165) is 5.69 Å². The number of hydrogen-bond acceptors (Lipinski definition) is 6. The van der Waals surface area contributed by atoms with Crippen molar-refractivity contribution in [2.24, 2.45) is 5.41 Å². The van der Waals surface area contributed by atoms with Crippen LogP contribution in [0.5, 0.6) is 5.75 Å². The van der Waals surface area contributed by atoms with Crippen molar-refractivity contribution in [2.45, 2.75) is 47.0 Å². The Kier molecular flexibility index (Phi) is 5.75. The van der Waals surface area contributed by atoms with Crippen LogP contribution in [0.4, 0.5) is 5.69 Å². The highest BCUT2D eigenvalue weighted by Crippen LogP contribution is 2.34. The van der Waals surface area contributed by atoms with Gasteiger partial charge in [-0.15, -0.1) is 9.73 Å². The van der Waals surface area contributed by atoms with Crippen LogP contribution in [-0.2, 0) is 19.7 Å². The fourth-order valence-electron chi connectivity index (χ4n) is 2.86. The number of amides is 1. The Labute approximate surface area is 184 Å². The van der Waals surface area contributed by atoms with Crippen LogP contribution >= 0.6 is 11.6 Å². The number of aromatic amines is 1. The Morgan fingerprint density at radius 1 is 1.23 bits per heavy atom. The van der Waals surface area contributed by atoms with E-state index in [1.165, 1.54) is 17.6 Å². The minimum Gasteiger partial charge on any atom is -0.507 e. The van der Waals surface area contributed by atoms with E-state index < -0.39 is 11.4 Å². The van der Waals surface area contributed by atoms with Crippen molar-refractivity contribution in [3.63, 3.8) is 0 Å². The number of esters is 1. The number of anilines is 1. The molecule has 1 aromatic carbocycles. The van der Waals surface area contributed by atoms with E-state index in [1.54, 1.807) is 26.0 Å². The largest absolute Gasteiger partial charge is 0.507 e. The molecule has 0 unspecified atom stereocenters. The molecule has 3 rings (SSSR count). The molecule has 0 aliphatic heterocycles. The van der Waals surface area contributed by atoms with E-state index in [-0.39, 0.29) is 23.7 Å². The van der Waals surface area contributed by atoms with Crippen molar-refractivity contribution < 1.29 is 19.4 Å². The number of fused-ring (bicyclic) bond motifs is 1. The number of phenols is 1. The molecule has 0 atom stereocenters. The van der Waals surface area contributed by atoms with Gasteiger partial charge in [-0.1, -0.05) is 32.4 Å². The average molecular weight is 448 g/mol. The fraction of sp³-hybridized carbons (Fsp3) is 0.429. The molecule has 0 aliphatic rings. The van der Waals surface area contributed by atoms with Gasteiger partial charge in [-0.2, -0.15) is 5.10 Å². The Morgan fingerprint density at radius 2 is 1.90 bits per heavy atom. The minimum atomic E-state index is -0.937. The summed E-state index contributed by atoms with van der Waals surface area (Å²) in [6.45, 7) is 10.6. The molecule has 2 heterocycles. The second-order valence-corrected chi connectivity index (χ2v) is 9.45. The third-order valence-corrected chi connectivity index (χ3v) is 5.07. The maximum atomic E-state index is 12.5. The second-order valence-electron chi connectivity index (χ2n) is 9.07. The van der Waals surface area contributed by atoms with Crippen molar-refractivity contribution >= 4 is 34.8 Å². The average Bonchev–Trinajstić information content (AvgIpc) is 3.19. The van der Waals surface area contributed by atoms with Crippen LogP contribution < -0.4 is 5.32 Å². The van der Waals surface area contributed by atoms with Gasteiger partial charge in [-0.3, -0.25) is 9.59 Å². The number of carbonyl (C=O) groups excluding carboxylic acids is 2. The van der Waals surface area contributed by atoms with Gasteiger partial charge in [0.2, 0.25) is 5.91 Å². The summed E-state index contributed by atoms with van der Waals surface area (Å²) in [4.78, 5) is 26.6. The van der Waals surface area contributed by atoms with Crippen LogP contribution in [0, 0.1) is 5.41 Å². The molecule has 0 saturated heterocycles. The number of aromatic nitrogens is 4. The quantitative estimate of drug-likeness (QED) is 0.510. The number of carbonyl (C=O) groups is 2. The van der Waals surface area contributed by atoms with Gasteiger partial charge in [0.25, 0.3) is 0 Å². The molecule has 2 aromatic heterocycles. The normalized spacial score (nSPS) is 12.2. The summed E-state index contributed by atoms with van der Waals surface area (Å²) < 4.78 is 6.35. The van der Waals surface area contributed by atoms with Crippen LogP contribution in [0.1, 0.15) is 47.2 Å². The van der Waals surface area contributed by atoms with Crippen LogP contribution in [-0.4, -0.2) is 43.4 Å². The van der Waals surface area contributed by atoms with E-state index in [0.29, 0.717) is 27.7 Å². The maximum absolute atomic E-state index is 12.5. The van der Waals surface area contributed by atoms with Crippen molar-refractivity contribution in [3.8, 4) is 17.1 Å². The van der Waals surface area contributed by atoms with Crippen molar-refractivity contribution in [3.05, 3.63) is 28.9 Å². The number of hydrogen-bond donors (Lipinski definition) is 3. The molecule has 3 N–H and O–H groups in total. The molecule has 10 heteroatoms. The molecule has 9 nitrogen and oxygen atoms in total. The lowest BCUT2D eigenvalue weighted by Crippen LogP contribution is -2.35. The fourth-order valence-corrected chi connectivity index (χ4v) is 3.30. The standard InChI is InChI=1S/C21H26ClN5O4/c1-11(28)31-10-21(5,6)19(30)23-12-7-8-13(14(29)9-12)17-24-18-15(22)16(20(2,3)4)25-27(18)26-17/h7-9,29H,10H2,1-6H3,(H,23,30)(H,24,26). The first-order valence-electron chi connectivity index (χ1n) is 9.73. The number of aromatic hydroxyl groups is 1. The topological polar surface area (TPSA) is 122 Å². The molecule has 0 saturated carbocycles. The zero-order valence-electron chi connectivity index (χ0n) is 18.3. The molecular weight excluding hydrogens is 422 g/mol. The van der Waals surface area contributed by atoms with Gasteiger partial charge in [-0.25, -0.2) is 0 Å². The summed E-state index contributed by atoms with van der Waals surface area (Å²) in [5, 5.41) is 22.5. The third kappa shape index (κ3) is 4.66. The van der Waals surface area contributed by atoms with E-state index in [9.17, 15) is 14.7 Å². The first-order valence-corrected chi connectivity index (χ1v) is 10.1. The molecule has 0 bridgehead atoms. The number of rotatable bonds is 5. The Balaban J connectivity index is 1.82. The lowest BCUT2D eigenvalue weighted by Gasteiger charge is -2.23. The molecule has 166 valence electrons. The SMILES string of the molecule is CC(=O)OCC(C)(C)C(=O)Nc1ccc(-c2nn3nc(C(C)(C)C)c(Cl)c3[nH]2)c(O)c1. The highest BCUT2D eigenvalue weighted by atomic mass is 35.5. The summed E-state index contributed by atoms with van der Waals surface area (Å²) in [6, 6.07) is 4.69. The van der Waals surface area contributed by atoms with Crippen molar-refractivity contribution in [1.29, 1.82) is 0 Å². The number of nitrogens with zero attached hydrogens (tertiary/aromatic N) is 3. The molecule has 0 spiro atoms. The van der Waals surface area contributed by atoms with E-state index in [2.05, 4.69) is 20.5 Å². The highest BCUT2D eigenvalue weighted by molar-refractivity contribution is 6.34. The molecule has 0 fully saturated rings. The van der Waals surface area contributed by atoms with Gasteiger partial charge < -0.3 is 20.1 Å². The summed E-state index contributed by atoms with van der Waals surface area (Å²) >= 11 is 6.46. The Morgan fingerprint density at radius 3 is 2.45 bits per heavy atom. The van der Waals surface area contributed by atoms with Gasteiger partial charge in [0.1, 0.15) is 17.4 Å². The summed E-state index contributed by atoms with van der Waals surface area (Å²) in [5.41, 5.74) is 0.899. The summed E-state index contributed by atoms with van der Waals surface area (Å²) in [6.07, 6.45) is 0. The zero-order chi connectivity index (χ0) is 23.1. The van der Waals surface area contributed by atoms with Gasteiger partial charge in [0.15, 0.2) is 11.5 Å². The third-order valence-electron chi connectivity index (χ3n) is 4.71. The number of benzene rings is 1. The van der Waals surface area contributed by atoms with Gasteiger partial charge >= 0.3 is 5.97 Å². The first-order chi connectivity index (χ1) is 14.3.